The zero-order valence-corrected chi connectivity index (χ0v) is 8.80. The zero-order chi connectivity index (χ0) is 11.6. The molecule has 1 unspecified atom stereocenters. The van der Waals surface area contributed by atoms with Crippen molar-refractivity contribution in [1.82, 2.24) is 9.55 Å². The fourth-order valence-electron chi connectivity index (χ4n) is 1.38. The number of methoxy groups -OCH3 is 1. The summed E-state index contributed by atoms with van der Waals surface area (Å²) >= 11 is 0. The van der Waals surface area contributed by atoms with Crippen molar-refractivity contribution in [3.8, 4) is 0 Å². The van der Waals surface area contributed by atoms with Crippen LogP contribution < -0.4 is 0 Å². The topological polar surface area (TPSA) is 90.4 Å². The maximum Gasteiger partial charge on any atom is 0.381 e. The van der Waals surface area contributed by atoms with Crippen LogP contribution in [0.25, 0.3) is 0 Å². The smallest absolute Gasteiger partial charge is 0.380 e. The molecule has 1 atom stereocenters. The summed E-state index contributed by atoms with van der Waals surface area (Å²) in [6, 6.07) is 0. The monoisotopic (exact) mass is 215 g/mol. The molecule has 0 radical (unpaired) electrons. The SMILES string of the molecule is COCC(C)(O)n1cc([N+](=O)[O-])nc1C. The molecule has 1 N–H and O–H groups in total. The van der Waals surface area contributed by atoms with Gasteiger partial charge in [0.1, 0.15) is 6.20 Å². The fourth-order valence-corrected chi connectivity index (χ4v) is 1.38. The minimum absolute atomic E-state index is 0.0291. The molecule has 0 spiro atoms. The molecule has 1 heterocycles. The largest absolute Gasteiger partial charge is 0.381 e. The first-order valence-corrected chi connectivity index (χ1v) is 4.30. The van der Waals surface area contributed by atoms with Gasteiger partial charge < -0.3 is 20.0 Å². The van der Waals surface area contributed by atoms with Crippen LogP contribution in [0.4, 0.5) is 5.82 Å². The number of nitrogens with zero attached hydrogens (tertiary/aromatic N) is 3. The van der Waals surface area contributed by atoms with Gasteiger partial charge in [-0.2, -0.15) is 0 Å². The highest BCUT2D eigenvalue weighted by Gasteiger charge is 2.29. The van der Waals surface area contributed by atoms with Crippen molar-refractivity contribution in [2.75, 3.05) is 13.7 Å². The summed E-state index contributed by atoms with van der Waals surface area (Å²) < 4.78 is 6.13. The second-order valence-electron chi connectivity index (χ2n) is 3.42. The number of ether oxygens (including phenoxy) is 1. The van der Waals surface area contributed by atoms with E-state index in [1.54, 1.807) is 6.92 Å². The molecule has 0 aliphatic rings. The predicted molar refractivity (Wildman–Crippen MR) is 51.4 cm³/mol. The maximum atomic E-state index is 10.5. The van der Waals surface area contributed by atoms with Gasteiger partial charge in [0.15, 0.2) is 5.72 Å². The Morgan fingerprint density at radius 3 is 2.80 bits per heavy atom. The van der Waals surface area contributed by atoms with Crippen LogP contribution in [0.15, 0.2) is 6.20 Å². The van der Waals surface area contributed by atoms with Gasteiger partial charge in [-0.15, -0.1) is 0 Å². The van der Waals surface area contributed by atoms with Crippen LogP contribution in [0.3, 0.4) is 0 Å². The second kappa shape index (κ2) is 3.95. The first-order chi connectivity index (χ1) is 6.88. The molecule has 7 heteroatoms. The van der Waals surface area contributed by atoms with Gasteiger partial charge in [-0.3, -0.25) is 4.57 Å². The standard InChI is InChI=1S/C8H13N3O4/c1-6-9-7(11(13)14)4-10(6)8(2,12)5-15-3/h4,12H,5H2,1-3H3. The summed E-state index contributed by atoms with van der Waals surface area (Å²) in [5.41, 5.74) is -1.33. The van der Waals surface area contributed by atoms with Gasteiger partial charge in [0.25, 0.3) is 0 Å². The maximum absolute atomic E-state index is 10.5. The molecule has 0 saturated carbocycles. The van der Waals surface area contributed by atoms with Crippen molar-refractivity contribution in [1.29, 1.82) is 0 Å². The van der Waals surface area contributed by atoms with Crippen LogP contribution in [0, 0.1) is 17.0 Å². The Bertz CT molecular complexity index is 372. The van der Waals surface area contributed by atoms with Crippen LogP contribution in [0.5, 0.6) is 0 Å². The Hall–Kier alpha value is -1.47. The third-order valence-corrected chi connectivity index (χ3v) is 1.99. The molecule has 1 rings (SSSR count). The molecule has 0 saturated heterocycles. The Kier molecular flexibility index (Phi) is 3.06. The van der Waals surface area contributed by atoms with Crippen molar-refractivity contribution >= 4 is 5.82 Å². The van der Waals surface area contributed by atoms with E-state index in [1.807, 2.05) is 0 Å². The molecule has 0 amide bonds. The Morgan fingerprint density at radius 2 is 2.40 bits per heavy atom. The molecule has 7 nitrogen and oxygen atoms in total. The van der Waals surface area contributed by atoms with Gasteiger partial charge in [0.05, 0.1) is 6.61 Å². The van der Waals surface area contributed by atoms with E-state index < -0.39 is 10.6 Å². The van der Waals surface area contributed by atoms with Crippen LogP contribution in [-0.4, -0.2) is 33.3 Å². The molecule has 1 aromatic rings. The Balaban J connectivity index is 3.09. The summed E-state index contributed by atoms with van der Waals surface area (Å²) in [5, 5.41) is 20.4. The van der Waals surface area contributed by atoms with Crippen molar-refractivity contribution in [2.24, 2.45) is 0 Å². The highest BCUT2D eigenvalue weighted by Crippen LogP contribution is 2.19. The second-order valence-corrected chi connectivity index (χ2v) is 3.42. The van der Waals surface area contributed by atoms with Crippen molar-refractivity contribution < 1.29 is 14.8 Å². The van der Waals surface area contributed by atoms with Gasteiger partial charge in [0, 0.05) is 14.0 Å². The summed E-state index contributed by atoms with van der Waals surface area (Å²) in [4.78, 5) is 13.6. The van der Waals surface area contributed by atoms with E-state index in [2.05, 4.69) is 4.98 Å². The minimum atomic E-state index is -1.33. The van der Waals surface area contributed by atoms with Gasteiger partial charge in [-0.05, 0) is 16.8 Å². The van der Waals surface area contributed by atoms with E-state index in [9.17, 15) is 15.2 Å². The third-order valence-electron chi connectivity index (χ3n) is 1.99. The van der Waals surface area contributed by atoms with Crippen LogP contribution in [0.2, 0.25) is 0 Å². The first kappa shape index (κ1) is 11.6. The fraction of sp³-hybridized carbons (Fsp3) is 0.625. The highest BCUT2D eigenvalue weighted by atomic mass is 16.6. The van der Waals surface area contributed by atoms with E-state index >= 15 is 0 Å². The molecule has 84 valence electrons. The molecule has 15 heavy (non-hydrogen) atoms. The summed E-state index contributed by atoms with van der Waals surface area (Å²) in [6.07, 6.45) is 1.19. The van der Waals surface area contributed by atoms with E-state index in [0.717, 1.165) is 0 Å². The van der Waals surface area contributed by atoms with Crippen LogP contribution in [-0.2, 0) is 10.5 Å². The van der Waals surface area contributed by atoms with E-state index in [0.29, 0.717) is 5.82 Å². The van der Waals surface area contributed by atoms with Crippen LogP contribution in [0.1, 0.15) is 12.7 Å². The number of hydrogen-bond acceptors (Lipinski definition) is 5. The molecule has 0 fully saturated rings. The van der Waals surface area contributed by atoms with E-state index in [4.69, 9.17) is 4.74 Å². The molecular formula is C8H13N3O4. The lowest BCUT2D eigenvalue weighted by Gasteiger charge is -2.23. The van der Waals surface area contributed by atoms with Gasteiger partial charge in [-0.1, -0.05) is 0 Å². The molecule has 0 aliphatic heterocycles. The average Bonchev–Trinajstić information content (AvgIpc) is 2.47. The summed E-state index contributed by atoms with van der Waals surface area (Å²) in [7, 11) is 1.44. The van der Waals surface area contributed by atoms with Crippen molar-refractivity contribution in [2.45, 2.75) is 19.6 Å². The normalized spacial score (nSPS) is 14.9. The number of hydrogen-bond donors (Lipinski definition) is 1. The lowest BCUT2D eigenvalue weighted by molar-refractivity contribution is -0.389. The lowest BCUT2D eigenvalue weighted by atomic mass is 10.3. The van der Waals surface area contributed by atoms with Crippen molar-refractivity contribution in [3.05, 3.63) is 22.1 Å². The molecule has 0 aromatic carbocycles. The highest BCUT2D eigenvalue weighted by molar-refractivity contribution is 5.17. The zero-order valence-electron chi connectivity index (χ0n) is 8.80. The van der Waals surface area contributed by atoms with Crippen LogP contribution >= 0.6 is 0 Å². The predicted octanol–water partition coefficient (Wildman–Crippen LogP) is 0.411. The third kappa shape index (κ3) is 2.31. The van der Waals surface area contributed by atoms with Crippen molar-refractivity contribution in [3.63, 3.8) is 0 Å². The Morgan fingerprint density at radius 1 is 1.80 bits per heavy atom. The number of nitro groups is 1. The molecular weight excluding hydrogens is 202 g/mol. The number of aliphatic hydroxyl groups is 1. The molecule has 0 bridgehead atoms. The number of imidazole rings is 1. The summed E-state index contributed by atoms with van der Waals surface area (Å²) in [5.74, 6) is 0.0765. The average molecular weight is 215 g/mol. The summed E-state index contributed by atoms with van der Waals surface area (Å²) in [6.45, 7) is 3.10. The first-order valence-electron chi connectivity index (χ1n) is 4.30. The number of rotatable bonds is 4. The Labute approximate surface area is 86.5 Å². The molecule has 1 aromatic heterocycles. The van der Waals surface area contributed by atoms with Gasteiger partial charge in [-0.25, -0.2) is 0 Å². The quantitative estimate of drug-likeness (QED) is 0.580. The van der Waals surface area contributed by atoms with E-state index in [1.165, 1.54) is 24.8 Å². The number of aromatic nitrogens is 2. The lowest BCUT2D eigenvalue weighted by Crippen LogP contribution is -2.34. The number of aryl methyl sites for hydroxylation is 1. The van der Waals surface area contributed by atoms with Gasteiger partial charge in [0.2, 0.25) is 5.82 Å². The van der Waals surface area contributed by atoms with E-state index in [-0.39, 0.29) is 12.4 Å². The minimum Gasteiger partial charge on any atom is -0.380 e. The molecule has 0 aliphatic carbocycles. The van der Waals surface area contributed by atoms with Gasteiger partial charge >= 0.3 is 5.82 Å².